The monoisotopic (exact) mass is 322 g/mol. The van der Waals surface area contributed by atoms with Crippen molar-refractivity contribution < 1.29 is 0 Å². The zero-order valence-corrected chi connectivity index (χ0v) is 15.2. The van der Waals surface area contributed by atoms with Gasteiger partial charge in [0.2, 0.25) is 0 Å². The topological polar surface area (TPSA) is 49.3 Å². The van der Waals surface area contributed by atoms with E-state index in [4.69, 9.17) is 0 Å². The zero-order chi connectivity index (χ0) is 16.0. The molecule has 124 valence electrons. The van der Waals surface area contributed by atoms with E-state index in [9.17, 15) is 0 Å². The Hall–Kier alpha value is -1.10. The number of aliphatic imine (C=N–C) groups is 1. The average Bonchev–Trinajstić information content (AvgIpc) is 2.84. The predicted molar refractivity (Wildman–Crippen MR) is 95.4 cm³/mol. The molecule has 1 aromatic heterocycles. The first-order valence-electron chi connectivity index (χ1n) is 8.46. The number of aryl methyl sites for hydroxylation is 1. The fourth-order valence-corrected chi connectivity index (χ4v) is 3.94. The maximum Gasteiger partial charge on any atom is 0.191 e. The van der Waals surface area contributed by atoms with Crippen LogP contribution in [-0.4, -0.2) is 24.0 Å². The van der Waals surface area contributed by atoms with Crippen LogP contribution in [0.1, 0.15) is 56.3 Å². The molecule has 1 aromatic rings. The van der Waals surface area contributed by atoms with Crippen LogP contribution < -0.4 is 10.6 Å². The number of hydrogen-bond donors (Lipinski definition) is 2. The number of nitrogens with one attached hydrogen (secondary N) is 2. The predicted octanol–water partition coefficient (Wildman–Crippen LogP) is 3.72. The summed E-state index contributed by atoms with van der Waals surface area (Å²) in [4.78, 5) is 10.3. The summed E-state index contributed by atoms with van der Waals surface area (Å²) < 4.78 is 0. The number of thiazole rings is 1. The lowest BCUT2D eigenvalue weighted by Crippen LogP contribution is -2.47. The summed E-state index contributed by atoms with van der Waals surface area (Å²) in [6.07, 6.45) is 7.31. The zero-order valence-electron chi connectivity index (χ0n) is 14.4. The molecule has 1 aliphatic carbocycles. The first kappa shape index (κ1) is 17.3. The van der Waals surface area contributed by atoms with Crippen molar-refractivity contribution in [1.82, 2.24) is 15.6 Å². The quantitative estimate of drug-likeness (QED) is 0.594. The highest BCUT2D eigenvalue weighted by atomic mass is 32.1. The van der Waals surface area contributed by atoms with Gasteiger partial charge in [-0.05, 0) is 44.4 Å². The van der Waals surface area contributed by atoms with Crippen molar-refractivity contribution >= 4 is 17.3 Å². The Morgan fingerprint density at radius 2 is 2.18 bits per heavy atom. The van der Waals surface area contributed by atoms with Gasteiger partial charge in [-0.25, -0.2) is 9.98 Å². The summed E-state index contributed by atoms with van der Waals surface area (Å²) in [5.41, 5.74) is 0.488. The van der Waals surface area contributed by atoms with Crippen molar-refractivity contribution in [3.8, 4) is 0 Å². The van der Waals surface area contributed by atoms with Gasteiger partial charge in [0.05, 0.1) is 6.54 Å². The van der Waals surface area contributed by atoms with Crippen molar-refractivity contribution in [3.63, 3.8) is 0 Å². The van der Waals surface area contributed by atoms with Gasteiger partial charge >= 0.3 is 0 Å². The minimum Gasteiger partial charge on any atom is -0.357 e. The minimum absolute atomic E-state index is 0.488. The van der Waals surface area contributed by atoms with Crippen molar-refractivity contribution in [2.45, 2.75) is 59.9 Å². The van der Waals surface area contributed by atoms with Crippen LogP contribution in [0.4, 0.5) is 0 Å². The van der Waals surface area contributed by atoms with Gasteiger partial charge in [0.25, 0.3) is 0 Å². The third-order valence-electron chi connectivity index (χ3n) is 4.27. The summed E-state index contributed by atoms with van der Waals surface area (Å²) in [6, 6.07) is 0. The van der Waals surface area contributed by atoms with Crippen LogP contribution >= 0.6 is 11.3 Å². The molecule has 22 heavy (non-hydrogen) atoms. The van der Waals surface area contributed by atoms with E-state index >= 15 is 0 Å². The maximum atomic E-state index is 4.68. The highest BCUT2D eigenvalue weighted by molar-refractivity contribution is 7.11. The van der Waals surface area contributed by atoms with Crippen LogP contribution in [0, 0.1) is 18.3 Å². The number of nitrogens with zero attached hydrogens (tertiary/aromatic N) is 2. The molecule has 0 spiro atoms. The average molecular weight is 323 g/mol. The molecule has 5 heteroatoms. The Labute approximate surface area is 138 Å². The second-order valence-electron chi connectivity index (χ2n) is 6.86. The summed E-state index contributed by atoms with van der Waals surface area (Å²) in [6.45, 7) is 11.4. The molecule has 1 saturated carbocycles. The van der Waals surface area contributed by atoms with Gasteiger partial charge in [0.1, 0.15) is 5.01 Å². The lowest BCUT2D eigenvalue weighted by Gasteiger charge is -2.43. The highest BCUT2D eigenvalue weighted by Crippen LogP contribution is 2.45. The normalized spacial score (nSPS) is 17.4. The Bertz CT molecular complexity index is 489. The summed E-state index contributed by atoms with van der Waals surface area (Å²) in [7, 11) is 0. The van der Waals surface area contributed by atoms with Crippen LogP contribution in [0.2, 0.25) is 0 Å². The first-order valence-corrected chi connectivity index (χ1v) is 9.28. The van der Waals surface area contributed by atoms with E-state index in [0.29, 0.717) is 12.0 Å². The van der Waals surface area contributed by atoms with Crippen LogP contribution in [0.15, 0.2) is 11.2 Å². The molecule has 0 bridgehead atoms. The van der Waals surface area contributed by atoms with E-state index < -0.39 is 0 Å². The molecule has 2 rings (SSSR count). The minimum atomic E-state index is 0.488. The largest absolute Gasteiger partial charge is 0.357 e. The standard InChI is InChI=1S/C17H30N4S/c1-5-18-16(20-11-15-19-10-14(4)22-15)21-12-17(7-6-8-17)9-13(2)3/h10,13H,5-9,11-12H2,1-4H3,(H2,18,20,21). The van der Waals surface area contributed by atoms with Gasteiger partial charge in [0, 0.05) is 24.2 Å². The molecule has 0 saturated heterocycles. The van der Waals surface area contributed by atoms with Crippen molar-refractivity contribution in [1.29, 1.82) is 0 Å². The molecule has 2 N–H and O–H groups in total. The van der Waals surface area contributed by atoms with Crippen LogP contribution in [0.25, 0.3) is 0 Å². The molecule has 4 nitrogen and oxygen atoms in total. The molecule has 0 radical (unpaired) electrons. The molecule has 0 atom stereocenters. The van der Waals surface area contributed by atoms with Crippen LogP contribution in [0.3, 0.4) is 0 Å². The van der Waals surface area contributed by atoms with Gasteiger partial charge < -0.3 is 10.6 Å². The lowest BCUT2D eigenvalue weighted by atomic mass is 9.64. The summed E-state index contributed by atoms with van der Waals surface area (Å²) >= 11 is 1.72. The fraction of sp³-hybridized carbons (Fsp3) is 0.765. The smallest absolute Gasteiger partial charge is 0.191 e. The van der Waals surface area contributed by atoms with E-state index in [1.807, 2.05) is 6.20 Å². The Morgan fingerprint density at radius 1 is 1.41 bits per heavy atom. The van der Waals surface area contributed by atoms with E-state index in [2.05, 4.69) is 48.3 Å². The third kappa shape index (κ3) is 4.97. The second kappa shape index (κ2) is 7.95. The molecule has 1 fully saturated rings. The molecular weight excluding hydrogens is 292 g/mol. The van der Waals surface area contributed by atoms with Gasteiger partial charge in [-0.3, -0.25) is 0 Å². The first-order chi connectivity index (χ1) is 10.5. The molecule has 1 heterocycles. The van der Waals surface area contributed by atoms with Crippen molar-refractivity contribution in [2.75, 3.05) is 13.1 Å². The fourth-order valence-electron chi connectivity index (χ4n) is 3.23. The van der Waals surface area contributed by atoms with Gasteiger partial charge in [-0.2, -0.15) is 0 Å². The van der Waals surface area contributed by atoms with E-state index in [-0.39, 0.29) is 0 Å². The molecule has 0 aliphatic heterocycles. The van der Waals surface area contributed by atoms with E-state index in [0.717, 1.165) is 30.0 Å². The van der Waals surface area contributed by atoms with Crippen LogP contribution in [0.5, 0.6) is 0 Å². The molecule has 0 unspecified atom stereocenters. The summed E-state index contributed by atoms with van der Waals surface area (Å²) in [5, 5.41) is 7.99. The van der Waals surface area contributed by atoms with E-state index in [1.165, 1.54) is 30.6 Å². The number of aromatic nitrogens is 1. The van der Waals surface area contributed by atoms with Crippen molar-refractivity contribution in [2.24, 2.45) is 16.3 Å². The second-order valence-corrected chi connectivity index (χ2v) is 8.18. The van der Waals surface area contributed by atoms with Gasteiger partial charge in [0.15, 0.2) is 5.96 Å². The Balaban J connectivity index is 1.90. The molecule has 0 aromatic carbocycles. The third-order valence-corrected chi connectivity index (χ3v) is 5.17. The highest BCUT2D eigenvalue weighted by Gasteiger charge is 2.37. The van der Waals surface area contributed by atoms with E-state index in [1.54, 1.807) is 11.3 Å². The number of guanidine groups is 1. The molecule has 0 amide bonds. The van der Waals surface area contributed by atoms with Crippen LogP contribution in [-0.2, 0) is 6.54 Å². The molecular formula is C17H30N4S. The van der Waals surface area contributed by atoms with Gasteiger partial charge in [-0.15, -0.1) is 11.3 Å². The van der Waals surface area contributed by atoms with Gasteiger partial charge in [-0.1, -0.05) is 20.3 Å². The summed E-state index contributed by atoms with van der Waals surface area (Å²) in [5.74, 6) is 1.69. The Morgan fingerprint density at radius 3 is 2.68 bits per heavy atom. The SMILES string of the molecule is CCNC(=NCc1ncc(C)s1)NCC1(CC(C)C)CCC1. The molecule has 1 aliphatic rings. The maximum absolute atomic E-state index is 4.68. The number of rotatable bonds is 7. The van der Waals surface area contributed by atoms with Crippen molar-refractivity contribution in [3.05, 3.63) is 16.1 Å². The lowest BCUT2D eigenvalue weighted by molar-refractivity contribution is 0.104. The number of hydrogen-bond acceptors (Lipinski definition) is 3. The Kier molecular flexibility index (Phi) is 6.24.